The molecule has 2 atom stereocenters. The van der Waals surface area contributed by atoms with E-state index in [1.165, 1.54) is 0 Å². The topological polar surface area (TPSA) is 55.1 Å². The number of hydrogen-bond donors (Lipinski definition) is 2. The summed E-state index contributed by atoms with van der Waals surface area (Å²) in [7, 11) is 0. The van der Waals surface area contributed by atoms with Crippen LogP contribution in [0.5, 0.6) is 0 Å². The van der Waals surface area contributed by atoms with Gasteiger partial charge in [0.2, 0.25) is 5.91 Å². The molecule has 1 aliphatic rings. The van der Waals surface area contributed by atoms with E-state index in [0.717, 1.165) is 18.9 Å². The van der Waals surface area contributed by atoms with Crippen molar-refractivity contribution in [2.45, 2.75) is 25.4 Å². The molecule has 1 aliphatic carbocycles. The quantitative estimate of drug-likeness (QED) is 0.826. The molecule has 2 rings (SSSR count). The molecular formula is C14H17ClF4N2O. The number of anilines is 1. The maximum Gasteiger partial charge on any atom is 0.419 e. The van der Waals surface area contributed by atoms with Crippen molar-refractivity contribution in [2.75, 3.05) is 11.9 Å². The Morgan fingerprint density at radius 2 is 2.00 bits per heavy atom. The lowest BCUT2D eigenvalue weighted by Gasteiger charge is -2.18. The highest BCUT2D eigenvalue weighted by Gasteiger charge is 2.35. The SMILES string of the molecule is Cl.NC[C@H]1CCC[C@H]1C(=O)Nc1ccc(F)c(C(F)(F)F)c1. The van der Waals surface area contributed by atoms with Crippen LogP contribution in [0.2, 0.25) is 0 Å². The van der Waals surface area contributed by atoms with Crippen LogP contribution in [-0.2, 0) is 11.0 Å². The number of amides is 1. The molecule has 0 radical (unpaired) electrons. The van der Waals surface area contributed by atoms with Crippen LogP contribution in [0, 0.1) is 17.7 Å². The summed E-state index contributed by atoms with van der Waals surface area (Å²) in [5, 5.41) is 2.43. The molecule has 0 saturated heterocycles. The molecule has 1 saturated carbocycles. The summed E-state index contributed by atoms with van der Waals surface area (Å²) in [6, 6.07) is 2.43. The van der Waals surface area contributed by atoms with E-state index in [-0.39, 0.29) is 35.8 Å². The number of carbonyl (C=O) groups is 1. The number of nitrogens with two attached hydrogens (primary N) is 1. The summed E-state index contributed by atoms with van der Waals surface area (Å²) < 4.78 is 51.0. The van der Waals surface area contributed by atoms with Gasteiger partial charge in [-0.2, -0.15) is 13.2 Å². The number of nitrogens with one attached hydrogen (secondary N) is 1. The van der Waals surface area contributed by atoms with Crippen molar-refractivity contribution >= 4 is 24.0 Å². The van der Waals surface area contributed by atoms with Gasteiger partial charge in [-0.3, -0.25) is 4.79 Å². The Bertz CT molecular complexity index is 536. The molecule has 0 heterocycles. The van der Waals surface area contributed by atoms with Crippen molar-refractivity contribution in [2.24, 2.45) is 17.6 Å². The zero-order chi connectivity index (χ0) is 15.6. The van der Waals surface area contributed by atoms with Crippen molar-refractivity contribution in [3.8, 4) is 0 Å². The molecule has 0 aliphatic heterocycles. The fourth-order valence-electron chi connectivity index (χ4n) is 2.72. The van der Waals surface area contributed by atoms with Crippen LogP contribution in [0.3, 0.4) is 0 Å². The fourth-order valence-corrected chi connectivity index (χ4v) is 2.72. The summed E-state index contributed by atoms with van der Waals surface area (Å²) in [6.07, 6.45) is -2.41. The van der Waals surface area contributed by atoms with Gasteiger partial charge in [0.05, 0.1) is 5.56 Å². The summed E-state index contributed by atoms with van der Waals surface area (Å²) in [6.45, 7) is 0.370. The van der Waals surface area contributed by atoms with Gasteiger partial charge in [0.25, 0.3) is 0 Å². The van der Waals surface area contributed by atoms with E-state index in [1.807, 2.05) is 0 Å². The molecule has 0 aromatic heterocycles. The van der Waals surface area contributed by atoms with E-state index in [4.69, 9.17) is 5.73 Å². The van der Waals surface area contributed by atoms with Crippen LogP contribution < -0.4 is 11.1 Å². The molecule has 0 spiro atoms. The van der Waals surface area contributed by atoms with Gasteiger partial charge < -0.3 is 11.1 Å². The minimum absolute atomic E-state index is 0. The van der Waals surface area contributed by atoms with Gasteiger partial charge in [-0.25, -0.2) is 4.39 Å². The van der Waals surface area contributed by atoms with Crippen molar-refractivity contribution in [1.29, 1.82) is 0 Å². The average molecular weight is 341 g/mol. The highest BCUT2D eigenvalue weighted by molar-refractivity contribution is 5.93. The summed E-state index contributed by atoms with van der Waals surface area (Å²) in [5.74, 6) is -1.97. The highest BCUT2D eigenvalue weighted by atomic mass is 35.5. The first-order valence-electron chi connectivity index (χ1n) is 6.70. The molecule has 1 fully saturated rings. The first-order valence-corrected chi connectivity index (χ1v) is 6.70. The van der Waals surface area contributed by atoms with Crippen LogP contribution in [-0.4, -0.2) is 12.5 Å². The van der Waals surface area contributed by atoms with Crippen LogP contribution in [0.1, 0.15) is 24.8 Å². The fraction of sp³-hybridized carbons (Fsp3) is 0.500. The predicted octanol–water partition coefficient (Wildman–Crippen LogP) is 3.58. The number of hydrogen-bond acceptors (Lipinski definition) is 2. The molecular weight excluding hydrogens is 324 g/mol. The second-order valence-corrected chi connectivity index (χ2v) is 5.21. The molecule has 3 nitrogen and oxygen atoms in total. The second kappa shape index (κ2) is 7.28. The Kier molecular flexibility index (Phi) is 6.19. The van der Waals surface area contributed by atoms with Crippen molar-refractivity contribution in [1.82, 2.24) is 0 Å². The van der Waals surface area contributed by atoms with Gasteiger partial charge in [0.1, 0.15) is 5.82 Å². The molecule has 1 amide bonds. The first kappa shape index (κ1) is 18.7. The van der Waals surface area contributed by atoms with E-state index < -0.39 is 17.6 Å². The predicted molar refractivity (Wildman–Crippen MR) is 77.2 cm³/mol. The van der Waals surface area contributed by atoms with Gasteiger partial charge in [-0.1, -0.05) is 6.42 Å². The average Bonchev–Trinajstić information content (AvgIpc) is 2.88. The maximum absolute atomic E-state index is 13.2. The third kappa shape index (κ3) is 4.10. The Labute approximate surface area is 131 Å². The molecule has 1 aromatic rings. The second-order valence-electron chi connectivity index (χ2n) is 5.21. The Balaban J connectivity index is 0.00000242. The van der Waals surface area contributed by atoms with Crippen molar-refractivity contribution in [3.05, 3.63) is 29.6 Å². The monoisotopic (exact) mass is 340 g/mol. The Morgan fingerprint density at radius 1 is 1.32 bits per heavy atom. The number of halogens is 5. The maximum atomic E-state index is 13.2. The molecule has 0 unspecified atom stereocenters. The number of carbonyl (C=O) groups excluding carboxylic acids is 1. The van der Waals surface area contributed by atoms with E-state index in [9.17, 15) is 22.4 Å². The van der Waals surface area contributed by atoms with Crippen LogP contribution in [0.4, 0.5) is 23.2 Å². The van der Waals surface area contributed by atoms with Gasteiger partial charge in [0, 0.05) is 11.6 Å². The molecule has 3 N–H and O–H groups in total. The van der Waals surface area contributed by atoms with Crippen molar-refractivity contribution in [3.63, 3.8) is 0 Å². The standard InChI is InChI=1S/C14H16F4N2O.ClH/c15-12-5-4-9(6-11(12)14(16,17)18)20-13(21)10-3-1-2-8(10)7-19;/h4-6,8,10H,1-3,7,19H2,(H,20,21);1H/t8-,10-;/m1./s1. The van der Waals surface area contributed by atoms with Gasteiger partial charge in [-0.15, -0.1) is 12.4 Å². The van der Waals surface area contributed by atoms with Crippen molar-refractivity contribution < 1.29 is 22.4 Å². The number of alkyl halides is 3. The van der Waals surface area contributed by atoms with E-state index in [2.05, 4.69) is 5.32 Å². The number of benzene rings is 1. The summed E-state index contributed by atoms with van der Waals surface area (Å²) in [4.78, 5) is 12.1. The van der Waals surface area contributed by atoms with E-state index in [0.29, 0.717) is 25.1 Å². The molecule has 1 aromatic carbocycles. The normalized spacial score (nSPS) is 21.3. The minimum atomic E-state index is -4.79. The third-order valence-corrected chi connectivity index (χ3v) is 3.84. The third-order valence-electron chi connectivity index (χ3n) is 3.84. The summed E-state index contributed by atoms with van der Waals surface area (Å²) >= 11 is 0. The lowest BCUT2D eigenvalue weighted by Crippen LogP contribution is -2.29. The van der Waals surface area contributed by atoms with Gasteiger partial charge >= 0.3 is 6.18 Å². The molecule has 124 valence electrons. The smallest absolute Gasteiger partial charge is 0.330 e. The Hall–Kier alpha value is -1.34. The summed E-state index contributed by atoms with van der Waals surface area (Å²) in [5.41, 5.74) is 4.13. The zero-order valence-corrected chi connectivity index (χ0v) is 12.4. The van der Waals surface area contributed by atoms with E-state index in [1.54, 1.807) is 0 Å². The van der Waals surface area contributed by atoms with Crippen LogP contribution in [0.25, 0.3) is 0 Å². The zero-order valence-electron chi connectivity index (χ0n) is 11.6. The Morgan fingerprint density at radius 3 is 2.59 bits per heavy atom. The van der Waals surface area contributed by atoms with Crippen LogP contribution in [0.15, 0.2) is 18.2 Å². The van der Waals surface area contributed by atoms with Crippen LogP contribution >= 0.6 is 12.4 Å². The molecule has 22 heavy (non-hydrogen) atoms. The molecule has 8 heteroatoms. The van der Waals surface area contributed by atoms with Gasteiger partial charge in [0.15, 0.2) is 0 Å². The minimum Gasteiger partial charge on any atom is -0.330 e. The molecule has 0 bridgehead atoms. The lowest BCUT2D eigenvalue weighted by atomic mass is 9.95. The highest BCUT2D eigenvalue weighted by Crippen LogP contribution is 2.34. The number of rotatable bonds is 3. The first-order chi connectivity index (χ1) is 9.82. The lowest BCUT2D eigenvalue weighted by molar-refractivity contribution is -0.140. The van der Waals surface area contributed by atoms with Gasteiger partial charge in [-0.05, 0) is 43.5 Å². The largest absolute Gasteiger partial charge is 0.419 e. The van der Waals surface area contributed by atoms with E-state index >= 15 is 0 Å².